The van der Waals surface area contributed by atoms with Crippen LogP contribution < -0.4 is 0 Å². The highest BCUT2D eigenvalue weighted by Gasteiger charge is 2.57. The van der Waals surface area contributed by atoms with Gasteiger partial charge in [0.25, 0.3) is 12.3 Å². The van der Waals surface area contributed by atoms with Crippen molar-refractivity contribution in [2.75, 3.05) is 26.4 Å². The molecule has 0 aliphatic rings. The topological polar surface area (TPSA) is 38.7 Å². The Morgan fingerprint density at radius 3 is 1.12 bits per heavy atom. The van der Waals surface area contributed by atoms with Crippen LogP contribution in [0.25, 0.3) is 0 Å². The molecule has 0 rings (SSSR count). The number of alkyl halides is 12. The minimum absolute atomic E-state index is 1.25. The molecule has 3 atom stereocenters. The quantitative estimate of drug-likeness (QED) is 0.551. The summed E-state index contributed by atoms with van der Waals surface area (Å²) in [6.07, 6.45) is -22.9. The van der Waals surface area contributed by atoms with E-state index in [9.17, 15) is 52.7 Å². The number of hydrogen-bond acceptors (Lipinski definition) is 3. The number of aliphatic hydroxyl groups excluding tert-OH is 1. The molecule has 0 aromatic rings. The minimum Gasteiger partial charge on any atom is -0.388 e. The Morgan fingerprint density at radius 1 is 0.615 bits per heavy atom. The van der Waals surface area contributed by atoms with Gasteiger partial charge in [0.2, 0.25) is 0 Å². The van der Waals surface area contributed by atoms with Gasteiger partial charge in [0, 0.05) is 0 Å². The molecule has 0 aliphatic heterocycles. The van der Waals surface area contributed by atoms with Crippen molar-refractivity contribution in [3.63, 3.8) is 0 Å². The Labute approximate surface area is 137 Å². The summed E-state index contributed by atoms with van der Waals surface area (Å²) >= 11 is 0. The molecule has 0 saturated carbocycles. The molecule has 15 heteroatoms. The van der Waals surface area contributed by atoms with Crippen LogP contribution in [0.15, 0.2) is 0 Å². The lowest BCUT2D eigenvalue weighted by atomic mass is 10.2. The molecule has 1 N–H and O–H groups in total. The average molecular weight is 420 g/mol. The fourth-order valence-electron chi connectivity index (χ4n) is 1.34. The Bertz CT molecular complexity index is 384. The maximum absolute atomic E-state index is 12.8. The zero-order chi connectivity index (χ0) is 21.0. The van der Waals surface area contributed by atoms with Crippen LogP contribution >= 0.6 is 0 Å². The third-order valence-electron chi connectivity index (χ3n) is 2.53. The summed E-state index contributed by atoms with van der Waals surface area (Å²) in [5.41, 5.74) is 0. The van der Waals surface area contributed by atoms with Crippen LogP contribution in [0.2, 0.25) is 0 Å². The monoisotopic (exact) mass is 420 g/mol. The number of halogens is 12. The summed E-state index contributed by atoms with van der Waals surface area (Å²) < 4.78 is 155. The summed E-state index contributed by atoms with van der Waals surface area (Å²) in [4.78, 5) is 0. The van der Waals surface area contributed by atoms with Crippen molar-refractivity contribution in [1.29, 1.82) is 0 Å². The van der Waals surface area contributed by atoms with Gasteiger partial charge in [-0.05, 0) is 0 Å². The van der Waals surface area contributed by atoms with E-state index in [2.05, 4.69) is 9.47 Å². The van der Waals surface area contributed by atoms with Crippen LogP contribution in [-0.2, 0) is 9.47 Å². The van der Waals surface area contributed by atoms with Gasteiger partial charge in [-0.15, -0.1) is 0 Å². The Balaban J connectivity index is 4.28. The fraction of sp³-hybridized carbons (Fsp3) is 1.00. The molecule has 0 spiro atoms. The van der Waals surface area contributed by atoms with Crippen LogP contribution in [0.3, 0.4) is 0 Å². The first-order chi connectivity index (χ1) is 11.4. The van der Waals surface area contributed by atoms with Crippen LogP contribution in [0, 0.1) is 0 Å². The second kappa shape index (κ2) is 8.82. The van der Waals surface area contributed by atoms with Crippen molar-refractivity contribution in [3.05, 3.63) is 0 Å². The molecule has 1 unspecified atom stereocenters. The second-order valence-corrected chi connectivity index (χ2v) is 5.01. The lowest BCUT2D eigenvalue weighted by molar-refractivity contribution is -0.258. The predicted molar refractivity (Wildman–Crippen MR) is 59.4 cm³/mol. The molecule has 0 heterocycles. The van der Waals surface area contributed by atoms with E-state index in [4.69, 9.17) is 5.11 Å². The summed E-state index contributed by atoms with van der Waals surface area (Å²) in [5, 5.41) is 9.07. The van der Waals surface area contributed by atoms with E-state index in [0.29, 0.717) is 0 Å². The van der Waals surface area contributed by atoms with Crippen molar-refractivity contribution < 1.29 is 67.3 Å². The molecule has 0 saturated heterocycles. The Kier molecular flexibility index (Phi) is 8.49. The highest BCUT2D eigenvalue weighted by molar-refractivity contribution is 4.83. The van der Waals surface area contributed by atoms with Crippen molar-refractivity contribution in [2.45, 2.75) is 42.6 Å². The maximum atomic E-state index is 12.8. The minimum atomic E-state index is -5.89. The van der Waals surface area contributed by atoms with E-state index >= 15 is 0 Å². The summed E-state index contributed by atoms with van der Waals surface area (Å²) in [6, 6.07) is 0. The van der Waals surface area contributed by atoms with Gasteiger partial charge >= 0.3 is 24.2 Å². The predicted octanol–water partition coefficient (Wildman–Crippen LogP) is 3.45. The number of ether oxygens (including phenoxy) is 2. The maximum Gasteiger partial charge on any atom is 0.425 e. The molecular formula is C11H12F12O3. The molecule has 0 amide bonds. The highest BCUT2D eigenvalue weighted by atomic mass is 19.4. The van der Waals surface area contributed by atoms with Gasteiger partial charge in [-0.25, -0.2) is 26.3 Å². The first kappa shape index (κ1) is 25.0. The first-order valence-corrected chi connectivity index (χ1v) is 6.42. The normalized spacial score (nSPS) is 16.8. The van der Waals surface area contributed by atoms with E-state index in [0.717, 1.165) is 0 Å². The van der Waals surface area contributed by atoms with Crippen molar-refractivity contribution >= 4 is 0 Å². The van der Waals surface area contributed by atoms with Gasteiger partial charge in [-0.3, -0.25) is 0 Å². The molecule has 158 valence electrons. The lowest BCUT2D eigenvalue weighted by Crippen LogP contribution is -2.46. The van der Waals surface area contributed by atoms with Crippen molar-refractivity contribution in [1.82, 2.24) is 0 Å². The average Bonchev–Trinajstić information content (AvgIpc) is 2.43. The lowest BCUT2D eigenvalue weighted by Gasteiger charge is -2.24. The smallest absolute Gasteiger partial charge is 0.388 e. The zero-order valence-electron chi connectivity index (χ0n) is 12.4. The molecule has 0 bridgehead atoms. The SMILES string of the molecule is OC(COCC(F)(F)[C@H](F)C(F)(F)F)COCC(F)(F)[C@@H](F)C(F)(F)F. The molecule has 0 fully saturated rings. The Morgan fingerprint density at radius 2 is 0.885 bits per heavy atom. The number of rotatable bonds is 10. The third kappa shape index (κ3) is 8.16. The third-order valence-corrected chi connectivity index (χ3v) is 2.53. The highest BCUT2D eigenvalue weighted by Crippen LogP contribution is 2.36. The molecule has 0 aliphatic carbocycles. The van der Waals surface area contributed by atoms with Crippen LogP contribution in [-0.4, -0.2) is 74.2 Å². The van der Waals surface area contributed by atoms with Crippen molar-refractivity contribution in [2.24, 2.45) is 0 Å². The fourth-order valence-corrected chi connectivity index (χ4v) is 1.34. The van der Waals surface area contributed by atoms with Gasteiger partial charge in [-0.1, -0.05) is 0 Å². The van der Waals surface area contributed by atoms with Gasteiger partial charge in [0.15, 0.2) is 0 Å². The van der Waals surface area contributed by atoms with Gasteiger partial charge in [0.1, 0.15) is 19.3 Å². The molecule has 26 heavy (non-hydrogen) atoms. The summed E-state index contributed by atoms with van der Waals surface area (Å²) in [5.74, 6) is -10.0. The molecule has 0 aromatic heterocycles. The van der Waals surface area contributed by atoms with E-state index in [1.807, 2.05) is 0 Å². The Hall–Kier alpha value is -0.960. The van der Waals surface area contributed by atoms with E-state index < -0.39 is 69.1 Å². The second-order valence-electron chi connectivity index (χ2n) is 5.01. The molecule has 3 nitrogen and oxygen atoms in total. The standard InChI is InChI=1S/C11H12F12O3/c12-6(10(18,19)20)8(14,15)3-25-1-5(24)2-26-4-9(16,17)7(13)11(21,22)23/h5-7,24H,1-4H2/t5?,6-,7+. The summed E-state index contributed by atoms with van der Waals surface area (Å²) in [6.45, 7) is -6.77. The van der Waals surface area contributed by atoms with E-state index in [1.54, 1.807) is 0 Å². The first-order valence-electron chi connectivity index (χ1n) is 6.42. The molecule has 0 radical (unpaired) electrons. The van der Waals surface area contributed by atoms with Gasteiger partial charge < -0.3 is 14.6 Å². The molecule has 0 aromatic carbocycles. The van der Waals surface area contributed by atoms with Crippen LogP contribution in [0.5, 0.6) is 0 Å². The number of hydrogen-bond donors (Lipinski definition) is 1. The van der Waals surface area contributed by atoms with Crippen LogP contribution in [0.1, 0.15) is 0 Å². The van der Waals surface area contributed by atoms with E-state index in [-0.39, 0.29) is 0 Å². The van der Waals surface area contributed by atoms with E-state index in [1.165, 1.54) is 0 Å². The zero-order valence-corrected chi connectivity index (χ0v) is 12.4. The number of aliphatic hydroxyl groups is 1. The van der Waals surface area contributed by atoms with Crippen LogP contribution in [0.4, 0.5) is 52.7 Å². The van der Waals surface area contributed by atoms with Crippen molar-refractivity contribution in [3.8, 4) is 0 Å². The molecular weight excluding hydrogens is 408 g/mol. The van der Waals surface area contributed by atoms with Gasteiger partial charge in [-0.2, -0.15) is 26.3 Å². The largest absolute Gasteiger partial charge is 0.425 e. The summed E-state index contributed by atoms with van der Waals surface area (Å²) in [7, 11) is 0. The van der Waals surface area contributed by atoms with Gasteiger partial charge in [0.05, 0.1) is 13.2 Å².